The molecule has 0 amide bonds. The van der Waals surface area contributed by atoms with Gasteiger partial charge in [0.15, 0.2) is 5.82 Å². The van der Waals surface area contributed by atoms with Gasteiger partial charge in [-0.1, -0.05) is 43.0 Å². The third-order valence-electron chi connectivity index (χ3n) is 5.06. The van der Waals surface area contributed by atoms with Gasteiger partial charge in [-0.25, -0.2) is 9.07 Å². The maximum atomic E-state index is 13.5. The molecule has 27 heavy (non-hydrogen) atoms. The molecule has 7 heteroatoms. The van der Waals surface area contributed by atoms with Gasteiger partial charge in [-0.3, -0.25) is 0 Å². The van der Waals surface area contributed by atoms with Crippen LogP contribution in [-0.4, -0.2) is 20.2 Å². The topological polar surface area (TPSA) is 55.6 Å². The molecule has 5 nitrogen and oxygen atoms in total. The summed E-state index contributed by atoms with van der Waals surface area (Å²) >= 11 is 6.00. The molecule has 1 aromatic heterocycles. The van der Waals surface area contributed by atoms with Gasteiger partial charge in [0.1, 0.15) is 11.9 Å². The smallest absolute Gasteiger partial charge is 0.178 e. The zero-order valence-corrected chi connectivity index (χ0v) is 15.6. The van der Waals surface area contributed by atoms with Crippen molar-refractivity contribution >= 4 is 17.3 Å². The van der Waals surface area contributed by atoms with Crippen LogP contribution in [0.4, 0.5) is 10.1 Å². The molecule has 140 valence electrons. The van der Waals surface area contributed by atoms with E-state index in [1.165, 1.54) is 31.4 Å². The summed E-state index contributed by atoms with van der Waals surface area (Å²) in [6.45, 7) is 0. The van der Waals surface area contributed by atoms with Crippen LogP contribution >= 0.6 is 11.6 Å². The van der Waals surface area contributed by atoms with Gasteiger partial charge in [-0.15, -0.1) is 5.10 Å². The van der Waals surface area contributed by atoms with E-state index in [1.807, 2.05) is 28.9 Å². The lowest BCUT2D eigenvalue weighted by molar-refractivity contribution is 0.315. The van der Waals surface area contributed by atoms with E-state index < -0.39 is 0 Å². The summed E-state index contributed by atoms with van der Waals surface area (Å²) in [6.07, 6.45) is 5.80. The van der Waals surface area contributed by atoms with Gasteiger partial charge in [-0.05, 0) is 65.2 Å². The highest BCUT2D eigenvalue weighted by atomic mass is 35.5. The zero-order valence-electron chi connectivity index (χ0n) is 14.9. The minimum Gasteiger partial charge on any atom is -0.371 e. The van der Waals surface area contributed by atoms with Crippen LogP contribution in [0.5, 0.6) is 0 Å². The van der Waals surface area contributed by atoms with Crippen LogP contribution in [0.15, 0.2) is 48.5 Å². The highest BCUT2D eigenvalue weighted by Gasteiger charge is 2.26. The maximum Gasteiger partial charge on any atom is 0.178 e. The van der Waals surface area contributed by atoms with Crippen LogP contribution in [-0.2, 0) is 0 Å². The molecule has 1 N–H and O–H groups in total. The van der Waals surface area contributed by atoms with Crippen molar-refractivity contribution in [1.82, 2.24) is 20.2 Å². The number of halogens is 2. The molecule has 0 spiro atoms. The van der Waals surface area contributed by atoms with E-state index in [0.29, 0.717) is 11.1 Å². The van der Waals surface area contributed by atoms with E-state index in [2.05, 4.69) is 20.8 Å². The lowest BCUT2D eigenvalue weighted by Gasteiger charge is -2.26. The van der Waals surface area contributed by atoms with Crippen molar-refractivity contribution in [2.24, 2.45) is 0 Å². The Morgan fingerprint density at radius 1 is 1.00 bits per heavy atom. The number of tetrazole rings is 1. The Labute approximate surface area is 162 Å². The van der Waals surface area contributed by atoms with E-state index in [9.17, 15) is 4.39 Å². The number of hydrogen-bond donors (Lipinski definition) is 1. The minimum atomic E-state index is -0.288. The van der Waals surface area contributed by atoms with Crippen LogP contribution in [0, 0.1) is 5.82 Å². The van der Waals surface area contributed by atoms with E-state index in [0.717, 1.165) is 29.9 Å². The van der Waals surface area contributed by atoms with Crippen LogP contribution < -0.4 is 5.32 Å². The standard InChI is InChI=1S/C20H21ClFN5/c21-15-8-12-17(13-9-15)23-19(14-6-10-16(22)11-7-14)20-24-25-26-27(20)18-4-2-1-3-5-18/h6-13,18-19,23H,1-5H2. The fourth-order valence-corrected chi connectivity index (χ4v) is 3.77. The minimum absolute atomic E-state index is 0.268. The molecule has 0 aliphatic heterocycles. The Morgan fingerprint density at radius 2 is 1.70 bits per heavy atom. The van der Waals surface area contributed by atoms with Crippen LogP contribution in [0.2, 0.25) is 5.02 Å². The molecule has 1 aliphatic carbocycles. The number of benzene rings is 2. The van der Waals surface area contributed by atoms with Gasteiger partial charge in [0, 0.05) is 10.7 Å². The first-order valence-electron chi connectivity index (χ1n) is 9.26. The van der Waals surface area contributed by atoms with Crippen molar-refractivity contribution in [3.05, 3.63) is 70.8 Å². The van der Waals surface area contributed by atoms with Gasteiger partial charge in [0.05, 0.1) is 6.04 Å². The summed E-state index contributed by atoms with van der Waals surface area (Å²) in [5, 5.41) is 16.7. The highest BCUT2D eigenvalue weighted by molar-refractivity contribution is 6.30. The van der Waals surface area contributed by atoms with Crippen molar-refractivity contribution in [3.8, 4) is 0 Å². The maximum absolute atomic E-state index is 13.5. The largest absolute Gasteiger partial charge is 0.371 e. The van der Waals surface area contributed by atoms with Gasteiger partial charge < -0.3 is 5.32 Å². The van der Waals surface area contributed by atoms with Crippen LogP contribution in [0.3, 0.4) is 0 Å². The van der Waals surface area contributed by atoms with Gasteiger partial charge in [0.2, 0.25) is 0 Å². The molecule has 0 saturated heterocycles. The van der Waals surface area contributed by atoms with E-state index >= 15 is 0 Å². The Hall–Kier alpha value is -2.47. The Balaban J connectivity index is 1.70. The summed E-state index contributed by atoms with van der Waals surface area (Å²) in [4.78, 5) is 0. The molecule has 1 atom stereocenters. The highest BCUT2D eigenvalue weighted by Crippen LogP contribution is 2.32. The Kier molecular flexibility index (Phi) is 5.34. The Bertz CT molecular complexity index is 872. The fraction of sp³-hybridized carbons (Fsp3) is 0.350. The first-order valence-corrected chi connectivity index (χ1v) is 9.64. The third kappa shape index (κ3) is 4.11. The molecule has 1 saturated carbocycles. The SMILES string of the molecule is Fc1ccc(C(Nc2ccc(Cl)cc2)c2nnnn2C2CCCCC2)cc1. The lowest BCUT2D eigenvalue weighted by atomic mass is 9.95. The average molecular weight is 386 g/mol. The number of aromatic nitrogens is 4. The summed E-state index contributed by atoms with van der Waals surface area (Å²) in [5.74, 6) is 0.472. The van der Waals surface area contributed by atoms with Crippen molar-refractivity contribution in [2.75, 3.05) is 5.32 Å². The van der Waals surface area contributed by atoms with Crippen LogP contribution in [0.25, 0.3) is 0 Å². The summed E-state index contributed by atoms with van der Waals surface area (Å²) in [6, 6.07) is 13.9. The third-order valence-corrected chi connectivity index (χ3v) is 5.31. The van der Waals surface area contributed by atoms with Gasteiger partial charge >= 0.3 is 0 Å². The monoisotopic (exact) mass is 385 g/mol. The van der Waals surface area contributed by atoms with E-state index in [-0.39, 0.29) is 11.9 Å². The van der Waals surface area contributed by atoms with Crippen molar-refractivity contribution in [1.29, 1.82) is 0 Å². The number of nitrogens with zero attached hydrogens (tertiary/aromatic N) is 4. The lowest BCUT2D eigenvalue weighted by Crippen LogP contribution is -2.23. The second kappa shape index (κ2) is 8.05. The molecule has 1 aliphatic rings. The molecular formula is C20H21ClFN5. The second-order valence-corrected chi connectivity index (χ2v) is 7.35. The average Bonchev–Trinajstić information content (AvgIpc) is 3.19. The number of rotatable bonds is 5. The quantitative estimate of drug-likeness (QED) is 0.658. The summed E-state index contributed by atoms with van der Waals surface area (Å²) < 4.78 is 15.4. The van der Waals surface area contributed by atoms with Gasteiger partial charge in [0.25, 0.3) is 0 Å². The molecule has 2 aromatic carbocycles. The van der Waals surface area contributed by atoms with Crippen molar-refractivity contribution < 1.29 is 4.39 Å². The fourth-order valence-electron chi connectivity index (χ4n) is 3.64. The zero-order chi connectivity index (χ0) is 18.6. The molecule has 0 bridgehead atoms. The molecule has 1 unspecified atom stereocenters. The summed E-state index contributed by atoms with van der Waals surface area (Å²) in [5.41, 5.74) is 1.80. The number of hydrogen-bond acceptors (Lipinski definition) is 4. The molecule has 1 fully saturated rings. The molecule has 1 heterocycles. The summed E-state index contributed by atoms with van der Waals surface area (Å²) in [7, 11) is 0. The molecule has 0 radical (unpaired) electrons. The first kappa shape index (κ1) is 17.9. The van der Waals surface area contributed by atoms with E-state index in [1.54, 1.807) is 12.1 Å². The first-order chi connectivity index (χ1) is 13.2. The second-order valence-electron chi connectivity index (χ2n) is 6.91. The molecule has 3 aromatic rings. The van der Waals surface area contributed by atoms with Crippen molar-refractivity contribution in [2.45, 2.75) is 44.2 Å². The normalized spacial score (nSPS) is 16.2. The Morgan fingerprint density at radius 3 is 2.41 bits per heavy atom. The van der Waals surface area contributed by atoms with Crippen LogP contribution in [0.1, 0.15) is 55.6 Å². The van der Waals surface area contributed by atoms with Gasteiger partial charge in [-0.2, -0.15) is 0 Å². The van der Waals surface area contributed by atoms with Crippen molar-refractivity contribution in [3.63, 3.8) is 0 Å². The number of nitrogens with one attached hydrogen (secondary N) is 1. The predicted molar refractivity (Wildman–Crippen MR) is 103 cm³/mol. The predicted octanol–water partition coefficient (Wildman–Crippen LogP) is 5.17. The number of anilines is 1. The molecule has 4 rings (SSSR count). The van der Waals surface area contributed by atoms with E-state index in [4.69, 9.17) is 11.6 Å². The molecular weight excluding hydrogens is 365 g/mol.